The Morgan fingerprint density at radius 1 is 1.11 bits per heavy atom. The highest BCUT2D eigenvalue weighted by Crippen LogP contribution is 2.33. The van der Waals surface area contributed by atoms with Gasteiger partial charge >= 0.3 is 6.03 Å². The molecular formula is C18H13Cl2F2N3O2. The van der Waals surface area contributed by atoms with Gasteiger partial charge in [0.25, 0.3) is 5.91 Å². The summed E-state index contributed by atoms with van der Waals surface area (Å²) < 4.78 is 26.5. The lowest BCUT2D eigenvalue weighted by molar-refractivity contribution is -0.113. The van der Waals surface area contributed by atoms with E-state index in [0.717, 1.165) is 12.1 Å². The molecule has 0 aromatic heterocycles. The molecule has 1 heterocycles. The maximum absolute atomic E-state index is 13.4. The number of amides is 3. The number of benzene rings is 2. The Morgan fingerprint density at radius 3 is 2.52 bits per heavy atom. The number of hydrogen-bond acceptors (Lipinski definition) is 2. The molecule has 3 amide bonds. The van der Waals surface area contributed by atoms with E-state index < -0.39 is 29.6 Å². The van der Waals surface area contributed by atoms with Gasteiger partial charge < -0.3 is 16.0 Å². The van der Waals surface area contributed by atoms with Crippen molar-refractivity contribution in [3.8, 4) is 0 Å². The molecule has 0 unspecified atom stereocenters. The van der Waals surface area contributed by atoms with E-state index in [-0.39, 0.29) is 16.3 Å². The van der Waals surface area contributed by atoms with E-state index >= 15 is 0 Å². The van der Waals surface area contributed by atoms with E-state index in [1.807, 2.05) is 0 Å². The fourth-order valence-electron chi connectivity index (χ4n) is 2.74. The molecule has 0 radical (unpaired) electrons. The molecule has 1 aliphatic heterocycles. The van der Waals surface area contributed by atoms with E-state index in [0.29, 0.717) is 16.3 Å². The van der Waals surface area contributed by atoms with Crippen LogP contribution in [-0.2, 0) is 4.79 Å². The van der Waals surface area contributed by atoms with Crippen LogP contribution >= 0.6 is 23.2 Å². The smallest absolute Gasteiger partial charge is 0.319 e. The topological polar surface area (TPSA) is 70.2 Å². The highest BCUT2D eigenvalue weighted by molar-refractivity contribution is 6.35. The van der Waals surface area contributed by atoms with Crippen LogP contribution in [-0.4, -0.2) is 11.9 Å². The van der Waals surface area contributed by atoms with Gasteiger partial charge in [-0.3, -0.25) is 4.79 Å². The molecule has 3 N–H and O–H groups in total. The van der Waals surface area contributed by atoms with E-state index in [4.69, 9.17) is 23.2 Å². The van der Waals surface area contributed by atoms with Crippen LogP contribution in [0.4, 0.5) is 19.3 Å². The van der Waals surface area contributed by atoms with Crippen LogP contribution < -0.4 is 16.0 Å². The Morgan fingerprint density at radius 2 is 1.85 bits per heavy atom. The molecule has 0 saturated heterocycles. The van der Waals surface area contributed by atoms with Crippen LogP contribution in [0.5, 0.6) is 0 Å². The first-order valence-electron chi connectivity index (χ1n) is 7.76. The van der Waals surface area contributed by atoms with Gasteiger partial charge in [0, 0.05) is 27.5 Å². The fraction of sp³-hybridized carbons (Fsp3) is 0.111. The molecule has 0 spiro atoms. The van der Waals surface area contributed by atoms with Gasteiger partial charge in [0.15, 0.2) is 11.6 Å². The van der Waals surface area contributed by atoms with Crippen molar-refractivity contribution in [2.24, 2.45) is 0 Å². The Labute approximate surface area is 163 Å². The minimum absolute atomic E-state index is 0.0667. The van der Waals surface area contributed by atoms with E-state index in [1.54, 1.807) is 19.1 Å². The largest absolute Gasteiger partial charge is 0.327 e. The van der Waals surface area contributed by atoms with Gasteiger partial charge in [-0.05, 0) is 36.8 Å². The Balaban J connectivity index is 1.98. The second kappa shape index (κ2) is 7.54. The zero-order chi connectivity index (χ0) is 19.7. The van der Waals surface area contributed by atoms with Crippen molar-refractivity contribution in [1.29, 1.82) is 0 Å². The number of anilines is 1. The standard InChI is InChI=1S/C18H13Cl2F2N3O2/c1-8-15(17(26)24-10-3-5-13(21)14(22)7-10)16(25-18(27)23-8)11-4-2-9(19)6-12(11)20/h2-7,16H,1H3,(H,24,26)(H2,23,25,27)/t16-/m1/s1. The number of rotatable bonds is 3. The Kier molecular flexibility index (Phi) is 5.34. The third-order valence-corrected chi connectivity index (χ3v) is 4.53. The SMILES string of the molecule is CC1=C(C(=O)Nc2ccc(F)c(F)c2)[C@@H](c2ccc(Cl)cc2Cl)NC(=O)N1. The zero-order valence-electron chi connectivity index (χ0n) is 13.9. The second-order valence-corrected chi connectivity index (χ2v) is 6.66. The molecule has 5 nitrogen and oxygen atoms in total. The second-order valence-electron chi connectivity index (χ2n) is 5.82. The molecule has 0 fully saturated rings. The summed E-state index contributed by atoms with van der Waals surface area (Å²) in [5, 5.41) is 8.30. The number of carbonyl (C=O) groups is 2. The Bertz CT molecular complexity index is 979. The highest BCUT2D eigenvalue weighted by Gasteiger charge is 2.32. The lowest BCUT2D eigenvalue weighted by Gasteiger charge is -2.29. The molecule has 140 valence electrons. The van der Waals surface area contributed by atoms with E-state index in [1.165, 1.54) is 12.1 Å². The first kappa shape index (κ1) is 19.1. The van der Waals surface area contributed by atoms with Crippen molar-refractivity contribution in [2.45, 2.75) is 13.0 Å². The number of urea groups is 1. The van der Waals surface area contributed by atoms with Crippen LogP contribution in [0.2, 0.25) is 10.0 Å². The minimum Gasteiger partial charge on any atom is -0.327 e. The summed E-state index contributed by atoms with van der Waals surface area (Å²) in [5.74, 6) is -2.73. The summed E-state index contributed by atoms with van der Waals surface area (Å²) in [5.41, 5.74) is 1.00. The lowest BCUT2D eigenvalue weighted by atomic mass is 9.94. The molecule has 2 aromatic carbocycles. The van der Waals surface area contributed by atoms with Crippen molar-refractivity contribution in [1.82, 2.24) is 10.6 Å². The Hall–Kier alpha value is -2.64. The molecule has 1 atom stereocenters. The monoisotopic (exact) mass is 411 g/mol. The van der Waals surface area contributed by atoms with Gasteiger partial charge in [-0.1, -0.05) is 29.3 Å². The molecule has 1 aliphatic rings. The summed E-state index contributed by atoms with van der Waals surface area (Å²) in [6.45, 7) is 1.55. The average Bonchev–Trinajstić information content (AvgIpc) is 2.57. The van der Waals surface area contributed by atoms with Crippen LogP contribution in [0.3, 0.4) is 0 Å². The number of hydrogen-bond donors (Lipinski definition) is 3. The third-order valence-electron chi connectivity index (χ3n) is 3.96. The number of halogens is 4. The number of nitrogens with one attached hydrogen (secondary N) is 3. The van der Waals surface area contributed by atoms with Crippen molar-refractivity contribution < 1.29 is 18.4 Å². The first-order chi connectivity index (χ1) is 12.8. The number of carbonyl (C=O) groups excluding carboxylic acids is 2. The van der Waals surface area contributed by atoms with Gasteiger partial charge in [-0.25, -0.2) is 13.6 Å². The summed E-state index contributed by atoms with van der Waals surface area (Å²) in [6.07, 6.45) is 0. The number of allylic oxidation sites excluding steroid dienone is 1. The van der Waals surface area contributed by atoms with Crippen LogP contribution in [0, 0.1) is 11.6 Å². The van der Waals surface area contributed by atoms with Gasteiger partial charge in [0.2, 0.25) is 0 Å². The van der Waals surface area contributed by atoms with Gasteiger partial charge in [0.1, 0.15) is 0 Å². The van der Waals surface area contributed by atoms with Crippen molar-refractivity contribution >= 4 is 40.8 Å². The predicted molar refractivity (Wildman–Crippen MR) is 98.6 cm³/mol. The summed E-state index contributed by atoms with van der Waals surface area (Å²) in [6, 6.07) is 6.30. The van der Waals surface area contributed by atoms with Crippen LogP contribution in [0.15, 0.2) is 47.7 Å². The molecule has 27 heavy (non-hydrogen) atoms. The van der Waals surface area contributed by atoms with Crippen LogP contribution in [0.1, 0.15) is 18.5 Å². The van der Waals surface area contributed by atoms with Gasteiger partial charge in [-0.2, -0.15) is 0 Å². The maximum atomic E-state index is 13.4. The summed E-state index contributed by atoms with van der Waals surface area (Å²) >= 11 is 12.1. The first-order valence-corrected chi connectivity index (χ1v) is 8.51. The molecule has 2 aromatic rings. The molecule has 3 rings (SSSR count). The van der Waals surface area contributed by atoms with Crippen molar-refractivity contribution in [2.75, 3.05) is 5.32 Å². The lowest BCUT2D eigenvalue weighted by Crippen LogP contribution is -2.46. The van der Waals surface area contributed by atoms with E-state index in [2.05, 4.69) is 16.0 Å². The quantitative estimate of drug-likeness (QED) is 0.693. The highest BCUT2D eigenvalue weighted by atomic mass is 35.5. The third kappa shape index (κ3) is 4.04. The normalized spacial score (nSPS) is 16.6. The minimum atomic E-state index is -1.09. The van der Waals surface area contributed by atoms with Crippen molar-refractivity contribution in [3.63, 3.8) is 0 Å². The summed E-state index contributed by atoms with van der Waals surface area (Å²) in [4.78, 5) is 24.7. The van der Waals surface area contributed by atoms with Crippen molar-refractivity contribution in [3.05, 3.63) is 74.9 Å². The fourth-order valence-corrected chi connectivity index (χ4v) is 3.25. The van der Waals surface area contributed by atoms with Gasteiger partial charge in [-0.15, -0.1) is 0 Å². The predicted octanol–water partition coefficient (Wildman–Crippen LogP) is 4.54. The van der Waals surface area contributed by atoms with Crippen LogP contribution in [0.25, 0.3) is 0 Å². The zero-order valence-corrected chi connectivity index (χ0v) is 15.4. The molecule has 0 aliphatic carbocycles. The van der Waals surface area contributed by atoms with E-state index in [9.17, 15) is 18.4 Å². The maximum Gasteiger partial charge on any atom is 0.319 e. The molecule has 0 saturated carbocycles. The molecule has 0 bridgehead atoms. The molecule has 9 heteroatoms. The summed E-state index contributed by atoms with van der Waals surface area (Å²) in [7, 11) is 0. The molecular weight excluding hydrogens is 399 g/mol. The van der Waals surface area contributed by atoms with Gasteiger partial charge in [0.05, 0.1) is 11.6 Å². The average molecular weight is 412 g/mol.